The molecule has 4 heteroatoms. The number of aliphatic hydroxyl groups is 1. The maximum Gasteiger partial charge on any atom is 0.227 e. The zero-order valence-electron chi connectivity index (χ0n) is 13.6. The molecular formula is C19H23NO3. The summed E-state index contributed by atoms with van der Waals surface area (Å²) in [5.74, 6) is -0.229. The molecule has 1 atom stereocenters. The predicted octanol–water partition coefficient (Wildman–Crippen LogP) is 3.46. The molecule has 2 aromatic rings. The predicted molar refractivity (Wildman–Crippen MR) is 91.0 cm³/mol. The van der Waals surface area contributed by atoms with Crippen LogP contribution >= 0.6 is 0 Å². The van der Waals surface area contributed by atoms with Gasteiger partial charge < -0.3 is 15.2 Å². The van der Waals surface area contributed by atoms with Crippen molar-refractivity contribution < 1.29 is 14.6 Å². The minimum Gasteiger partial charge on any atom is -0.385 e. The van der Waals surface area contributed by atoms with Crippen molar-refractivity contribution in [3.63, 3.8) is 0 Å². The van der Waals surface area contributed by atoms with Crippen LogP contribution < -0.4 is 5.32 Å². The number of hydrogen-bond donors (Lipinski definition) is 2. The van der Waals surface area contributed by atoms with Crippen LogP contribution in [0.3, 0.4) is 0 Å². The second-order valence-electron chi connectivity index (χ2n) is 5.70. The van der Waals surface area contributed by atoms with Crippen LogP contribution in [0.15, 0.2) is 54.6 Å². The molecule has 0 radical (unpaired) electrons. The SMILES string of the molecule is CCOCc1cccc(NC(=O)CC(C)(O)c2ccccc2)c1. The standard InChI is InChI=1S/C19H23NO3/c1-3-23-14-15-8-7-11-17(12-15)20-18(21)13-19(2,22)16-9-5-4-6-10-16/h4-12,22H,3,13-14H2,1-2H3,(H,20,21). The third-order valence-electron chi connectivity index (χ3n) is 3.58. The molecule has 0 saturated heterocycles. The molecule has 23 heavy (non-hydrogen) atoms. The van der Waals surface area contributed by atoms with E-state index in [0.29, 0.717) is 18.9 Å². The molecule has 2 rings (SSSR count). The number of hydrogen-bond acceptors (Lipinski definition) is 3. The van der Waals surface area contributed by atoms with Gasteiger partial charge in [0.2, 0.25) is 5.91 Å². The van der Waals surface area contributed by atoms with Crippen molar-refractivity contribution in [3.8, 4) is 0 Å². The maximum absolute atomic E-state index is 12.2. The number of carbonyl (C=O) groups is 1. The van der Waals surface area contributed by atoms with Gasteiger partial charge in [0.1, 0.15) is 0 Å². The molecule has 0 saturated carbocycles. The Morgan fingerprint density at radius 1 is 1.17 bits per heavy atom. The Labute approximate surface area is 137 Å². The summed E-state index contributed by atoms with van der Waals surface area (Å²) in [6.45, 7) is 4.75. The highest BCUT2D eigenvalue weighted by atomic mass is 16.5. The summed E-state index contributed by atoms with van der Waals surface area (Å²) in [7, 11) is 0. The Hall–Kier alpha value is -2.17. The summed E-state index contributed by atoms with van der Waals surface area (Å²) in [4.78, 5) is 12.2. The first-order chi connectivity index (χ1) is 11.0. The van der Waals surface area contributed by atoms with Gasteiger partial charge in [-0.05, 0) is 37.1 Å². The monoisotopic (exact) mass is 313 g/mol. The molecule has 122 valence electrons. The van der Waals surface area contributed by atoms with E-state index in [2.05, 4.69) is 5.32 Å². The highest BCUT2D eigenvalue weighted by Crippen LogP contribution is 2.24. The molecular weight excluding hydrogens is 290 g/mol. The minimum absolute atomic E-state index is 0.00724. The first kappa shape index (κ1) is 17.2. The number of carbonyl (C=O) groups excluding carboxylic acids is 1. The number of anilines is 1. The lowest BCUT2D eigenvalue weighted by Crippen LogP contribution is -2.28. The van der Waals surface area contributed by atoms with Crippen LogP contribution in [0.4, 0.5) is 5.69 Å². The molecule has 0 aliphatic rings. The van der Waals surface area contributed by atoms with E-state index in [-0.39, 0.29) is 12.3 Å². The highest BCUT2D eigenvalue weighted by molar-refractivity contribution is 5.91. The normalized spacial score (nSPS) is 13.3. The van der Waals surface area contributed by atoms with Crippen molar-refractivity contribution in [2.75, 3.05) is 11.9 Å². The zero-order chi connectivity index (χ0) is 16.7. The fourth-order valence-corrected chi connectivity index (χ4v) is 2.38. The van der Waals surface area contributed by atoms with Crippen LogP contribution in [-0.4, -0.2) is 17.6 Å². The van der Waals surface area contributed by atoms with Crippen molar-refractivity contribution in [2.45, 2.75) is 32.5 Å². The van der Waals surface area contributed by atoms with E-state index in [1.165, 1.54) is 0 Å². The average molecular weight is 313 g/mol. The summed E-state index contributed by atoms with van der Waals surface area (Å²) >= 11 is 0. The Bertz CT molecular complexity index is 638. The smallest absolute Gasteiger partial charge is 0.227 e. The lowest BCUT2D eigenvalue weighted by molar-refractivity contribution is -0.120. The van der Waals surface area contributed by atoms with Gasteiger partial charge in [0.05, 0.1) is 18.6 Å². The lowest BCUT2D eigenvalue weighted by atomic mass is 9.92. The Kier molecular flexibility index (Phi) is 5.90. The Morgan fingerprint density at radius 3 is 2.61 bits per heavy atom. The van der Waals surface area contributed by atoms with Crippen molar-refractivity contribution >= 4 is 11.6 Å². The zero-order valence-corrected chi connectivity index (χ0v) is 13.6. The van der Waals surface area contributed by atoms with Gasteiger partial charge in [0, 0.05) is 12.3 Å². The van der Waals surface area contributed by atoms with E-state index in [1.54, 1.807) is 6.92 Å². The number of rotatable bonds is 7. The topological polar surface area (TPSA) is 58.6 Å². The van der Waals surface area contributed by atoms with Crippen molar-refractivity contribution in [1.82, 2.24) is 0 Å². The molecule has 0 aromatic heterocycles. The van der Waals surface area contributed by atoms with Crippen LogP contribution in [0.25, 0.3) is 0 Å². The van der Waals surface area contributed by atoms with Crippen molar-refractivity contribution in [3.05, 3.63) is 65.7 Å². The lowest BCUT2D eigenvalue weighted by Gasteiger charge is -2.23. The second-order valence-corrected chi connectivity index (χ2v) is 5.70. The first-order valence-electron chi connectivity index (χ1n) is 7.75. The van der Waals surface area contributed by atoms with E-state index in [1.807, 2.05) is 61.5 Å². The van der Waals surface area contributed by atoms with Gasteiger partial charge in [-0.25, -0.2) is 0 Å². The average Bonchev–Trinajstić information content (AvgIpc) is 2.53. The largest absolute Gasteiger partial charge is 0.385 e. The third-order valence-corrected chi connectivity index (χ3v) is 3.58. The van der Waals surface area contributed by atoms with E-state index >= 15 is 0 Å². The highest BCUT2D eigenvalue weighted by Gasteiger charge is 2.26. The van der Waals surface area contributed by atoms with Crippen LogP contribution in [0.1, 0.15) is 31.4 Å². The molecule has 4 nitrogen and oxygen atoms in total. The van der Waals surface area contributed by atoms with Crippen molar-refractivity contribution in [2.24, 2.45) is 0 Å². The van der Waals surface area contributed by atoms with E-state index in [0.717, 1.165) is 11.1 Å². The summed E-state index contributed by atoms with van der Waals surface area (Å²) in [5.41, 5.74) is 1.23. The van der Waals surface area contributed by atoms with E-state index < -0.39 is 5.60 Å². The number of ether oxygens (including phenoxy) is 1. The summed E-state index contributed by atoms with van der Waals surface area (Å²) in [6, 6.07) is 16.7. The number of nitrogens with one attached hydrogen (secondary N) is 1. The first-order valence-corrected chi connectivity index (χ1v) is 7.75. The van der Waals surface area contributed by atoms with Gasteiger partial charge in [-0.2, -0.15) is 0 Å². The molecule has 1 unspecified atom stereocenters. The van der Waals surface area contributed by atoms with Gasteiger partial charge in [0.15, 0.2) is 0 Å². The van der Waals surface area contributed by atoms with Gasteiger partial charge in [-0.1, -0.05) is 42.5 Å². The van der Waals surface area contributed by atoms with Gasteiger partial charge in [-0.3, -0.25) is 4.79 Å². The number of amides is 1. The van der Waals surface area contributed by atoms with Crippen LogP contribution in [0.5, 0.6) is 0 Å². The molecule has 0 bridgehead atoms. The van der Waals surface area contributed by atoms with Gasteiger partial charge >= 0.3 is 0 Å². The van der Waals surface area contributed by atoms with E-state index in [4.69, 9.17) is 4.74 Å². The molecule has 0 aliphatic carbocycles. The minimum atomic E-state index is -1.20. The third kappa shape index (κ3) is 5.20. The van der Waals surface area contributed by atoms with Crippen LogP contribution in [-0.2, 0) is 21.7 Å². The Morgan fingerprint density at radius 2 is 1.91 bits per heavy atom. The Balaban J connectivity index is 1.99. The quantitative estimate of drug-likeness (QED) is 0.823. The molecule has 1 amide bonds. The molecule has 0 heterocycles. The van der Waals surface area contributed by atoms with Gasteiger partial charge in [0.25, 0.3) is 0 Å². The van der Waals surface area contributed by atoms with Crippen molar-refractivity contribution in [1.29, 1.82) is 0 Å². The molecule has 2 N–H and O–H groups in total. The van der Waals surface area contributed by atoms with Gasteiger partial charge in [-0.15, -0.1) is 0 Å². The van der Waals surface area contributed by atoms with Crippen LogP contribution in [0, 0.1) is 0 Å². The second kappa shape index (κ2) is 7.90. The molecule has 0 fully saturated rings. The summed E-state index contributed by atoms with van der Waals surface area (Å²) < 4.78 is 5.37. The maximum atomic E-state index is 12.2. The fourth-order valence-electron chi connectivity index (χ4n) is 2.38. The fraction of sp³-hybridized carbons (Fsp3) is 0.316. The van der Waals surface area contributed by atoms with Crippen LogP contribution in [0.2, 0.25) is 0 Å². The molecule has 2 aromatic carbocycles. The van der Waals surface area contributed by atoms with E-state index in [9.17, 15) is 9.90 Å². The summed E-state index contributed by atoms with van der Waals surface area (Å²) in [6.07, 6.45) is -0.00724. The molecule has 0 aliphatic heterocycles. The number of benzene rings is 2. The summed E-state index contributed by atoms with van der Waals surface area (Å²) in [5, 5.41) is 13.4. The molecule has 0 spiro atoms.